The first kappa shape index (κ1) is 15.4. The Morgan fingerprint density at radius 2 is 2.26 bits per heavy atom. The molecule has 1 aliphatic heterocycles. The van der Waals surface area contributed by atoms with E-state index >= 15 is 0 Å². The van der Waals surface area contributed by atoms with Crippen molar-refractivity contribution in [3.8, 4) is 5.75 Å². The predicted octanol–water partition coefficient (Wildman–Crippen LogP) is 3.19. The molecule has 0 saturated carbocycles. The maximum atomic E-state index is 11.7. The van der Waals surface area contributed by atoms with Crippen molar-refractivity contribution in [1.29, 1.82) is 0 Å². The van der Waals surface area contributed by atoms with Crippen LogP contribution in [0.1, 0.15) is 18.2 Å². The second kappa shape index (κ2) is 6.34. The molecule has 1 unspecified atom stereocenters. The van der Waals surface area contributed by atoms with Crippen molar-refractivity contribution in [3.63, 3.8) is 0 Å². The molecule has 2 heterocycles. The summed E-state index contributed by atoms with van der Waals surface area (Å²) in [7, 11) is 0. The fourth-order valence-electron chi connectivity index (χ4n) is 2.19. The molecule has 120 valence electrons. The summed E-state index contributed by atoms with van der Waals surface area (Å²) in [6, 6.07) is 8.76. The third-order valence-corrected chi connectivity index (χ3v) is 3.53. The SMILES string of the molecule is CC(=O)N1N=C(c2ccco2)OC1COc1ccc(Cl)cc1C. The number of carbonyl (C=O) groups excluding carboxylic acids is 1. The van der Waals surface area contributed by atoms with Crippen LogP contribution in [0.5, 0.6) is 5.75 Å². The lowest BCUT2D eigenvalue weighted by Gasteiger charge is -2.19. The van der Waals surface area contributed by atoms with E-state index < -0.39 is 6.23 Å². The van der Waals surface area contributed by atoms with E-state index in [2.05, 4.69) is 5.10 Å². The van der Waals surface area contributed by atoms with Crippen LogP contribution in [-0.4, -0.2) is 29.6 Å². The first-order valence-electron chi connectivity index (χ1n) is 7.02. The molecule has 0 N–H and O–H groups in total. The van der Waals surface area contributed by atoms with Gasteiger partial charge in [0.1, 0.15) is 12.4 Å². The molecule has 0 radical (unpaired) electrons. The predicted molar refractivity (Wildman–Crippen MR) is 84.3 cm³/mol. The number of carbonyl (C=O) groups is 1. The van der Waals surface area contributed by atoms with Crippen molar-refractivity contribution in [2.75, 3.05) is 6.61 Å². The van der Waals surface area contributed by atoms with Gasteiger partial charge in [0.15, 0.2) is 5.76 Å². The maximum absolute atomic E-state index is 11.7. The van der Waals surface area contributed by atoms with Crippen molar-refractivity contribution in [2.24, 2.45) is 5.10 Å². The smallest absolute Gasteiger partial charge is 0.277 e. The van der Waals surface area contributed by atoms with E-state index in [-0.39, 0.29) is 18.4 Å². The summed E-state index contributed by atoms with van der Waals surface area (Å²) < 4.78 is 16.7. The molecule has 3 rings (SSSR count). The van der Waals surface area contributed by atoms with Crippen LogP contribution in [0.15, 0.2) is 46.1 Å². The zero-order valence-electron chi connectivity index (χ0n) is 12.7. The number of amides is 1. The molecule has 1 aromatic heterocycles. The Morgan fingerprint density at radius 3 is 2.91 bits per heavy atom. The Hall–Kier alpha value is -2.47. The van der Waals surface area contributed by atoms with Gasteiger partial charge >= 0.3 is 0 Å². The van der Waals surface area contributed by atoms with Gasteiger partial charge in [-0.3, -0.25) is 4.79 Å². The third kappa shape index (κ3) is 3.32. The van der Waals surface area contributed by atoms with Crippen LogP contribution in [0.4, 0.5) is 0 Å². The van der Waals surface area contributed by atoms with Gasteiger partial charge < -0.3 is 13.9 Å². The Morgan fingerprint density at radius 1 is 1.43 bits per heavy atom. The van der Waals surface area contributed by atoms with Crippen molar-refractivity contribution in [1.82, 2.24) is 5.01 Å². The molecule has 23 heavy (non-hydrogen) atoms. The zero-order chi connectivity index (χ0) is 16.4. The van der Waals surface area contributed by atoms with Crippen LogP contribution < -0.4 is 4.74 Å². The van der Waals surface area contributed by atoms with E-state index in [0.29, 0.717) is 16.5 Å². The minimum atomic E-state index is -0.650. The summed E-state index contributed by atoms with van der Waals surface area (Å²) >= 11 is 5.92. The van der Waals surface area contributed by atoms with Crippen molar-refractivity contribution in [3.05, 3.63) is 52.9 Å². The molecule has 1 atom stereocenters. The summed E-state index contributed by atoms with van der Waals surface area (Å²) in [4.78, 5) is 11.7. The molecule has 0 bridgehead atoms. The van der Waals surface area contributed by atoms with Crippen molar-refractivity contribution < 1.29 is 18.7 Å². The molecule has 0 aliphatic carbocycles. The molecule has 0 fully saturated rings. The first-order chi connectivity index (χ1) is 11.0. The minimum Gasteiger partial charge on any atom is -0.487 e. The van der Waals surface area contributed by atoms with E-state index in [1.54, 1.807) is 30.3 Å². The summed E-state index contributed by atoms with van der Waals surface area (Å²) in [6.07, 6.45) is 0.864. The van der Waals surface area contributed by atoms with Gasteiger partial charge in [-0.15, -0.1) is 5.10 Å². The largest absolute Gasteiger partial charge is 0.487 e. The number of aryl methyl sites for hydroxylation is 1. The average Bonchev–Trinajstić information content (AvgIpc) is 3.15. The number of hydrazone groups is 1. The fourth-order valence-corrected chi connectivity index (χ4v) is 2.41. The van der Waals surface area contributed by atoms with E-state index in [0.717, 1.165) is 5.56 Å². The van der Waals surface area contributed by atoms with Crippen LogP contribution >= 0.6 is 11.6 Å². The normalized spacial score (nSPS) is 16.9. The highest BCUT2D eigenvalue weighted by Gasteiger charge is 2.33. The number of ether oxygens (including phenoxy) is 2. The summed E-state index contributed by atoms with van der Waals surface area (Å²) in [5, 5.41) is 6.02. The van der Waals surface area contributed by atoms with E-state index in [1.165, 1.54) is 18.2 Å². The number of furan rings is 1. The molecule has 2 aromatic rings. The molecule has 1 aliphatic rings. The highest BCUT2D eigenvalue weighted by molar-refractivity contribution is 6.30. The second-order valence-electron chi connectivity index (χ2n) is 5.04. The highest BCUT2D eigenvalue weighted by atomic mass is 35.5. The molecule has 7 heteroatoms. The molecular formula is C16H15ClN2O4. The Kier molecular flexibility index (Phi) is 4.25. The Balaban J connectivity index is 1.71. The fraction of sp³-hybridized carbons (Fsp3) is 0.250. The Labute approximate surface area is 138 Å². The van der Waals surface area contributed by atoms with Gasteiger partial charge in [-0.1, -0.05) is 11.6 Å². The quantitative estimate of drug-likeness (QED) is 0.861. The average molecular weight is 335 g/mol. The minimum absolute atomic E-state index is 0.135. The van der Waals surface area contributed by atoms with Crippen LogP contribution in [0.25, 0.3) is 0 Å². The maximum Gasteiger partial charge on any atom is 0.277 e. The lowest BCUT2D eigenvalue weighted by Crippen LogP contribution is -2.36. The topological polar surface area (TPSA) is 64.3 Å². The Bertz CT molecular complexity index is 743. The molecule has 1 aromatic carbocycles. The lowest BCUT2D eigenvalue weighted by molar-refractivity contribution is -0.136. The van der Waals surface area contributed by atoms with Gasteiger partial charge in [-0.05, 0) is 42.8 Å². The van der Waals surface area contributed by atoms with E-state index in [1.807, 2.05) is 6.92 Å². The van der Waals surface area contributed by atoms with Crippen LogP contribution in [0.3, 0.4) is 0 Å². The number of hydrogen-bond acceptors (Lipinski definition) is 5. The summed E-state index contributed by atoms with van der Waals surface area (Å²) in [5.74, 6) is 1.15. The number of hydrogen-bond donors (Lipinski definition) is 0. The van der Waals surface area contributed by atoms with Gasteiger partial charge in [0.05, 0.1) is 6.26 Å². The molecule has 0 saturated heterocycles. The second-order valence-corrected chi connectivity index (χ2v) is 5.48. The zero-order valence-corrected chi connectivity index (χ0v) is 13.4. The van der Waals surface area contributed by atoms with Gasteiger partial charge in [0.2, 0.25) is 12.1 Å². The van der Waals surface area contributed by atoms with Gasteiger partial charge in [0, 0.05) is 11.9 Å². The van der Waals surface area contributed by atoms with Crippen LogP contribution in [0, 0.1) is 6.92 Å². The van der Waals surface area contributed by atoms with Crippen LogP contribution in [-0.2, 0) is 9.53 Å². The molecule has 0 spiro atoms. The van der Waals surface area contributed by atoms with E-state index in [4.69, 9.17) is 25.5 Å². The standard InChI is InChI=1S/C16H15ClN2O4/c1-10-8-12(17)5-6-13(10)22-9-15-19(11(2)20)18-16(23-15)14-4-3-7-21-14/h3-8,15H,9H2,1-2H3. The number of rotatable bonds is 4. The number of benzene rings is 1. The highest BCUT2D eigenvalue weighted by Crippen LogP contribution is 2.24. The number of nitrogens with zero attached hydrogens (tertiary/aromatic N) is 2. The first-order valence-corrected chi connectivity index (χ1v) is 7.40. The molecular weight excluding hydrogens is 320 g/mol. The molecule has 6 nitrogen and oxygen atoms in total. The van der Waals surface area contributed by atoms with Crippen molar-refractivity contribution >= 4 is 23.4 Å². The van der Waals surface area contributed by atoms with E-state index in [9.17, 15) is 4.79 Å². The summed E-state index contributed by atoms with van der Waals surface area (Å²) in [6.45, 7) is 3.44. The van der Waals surface area contributed by atoms with Gasteiger partial charge in [-0.25, -0.2) is 0 Å². The van der Waals surface area contributed by atoms with Crippen LogP contribution in [0.2, 0.25) is 5.02 Å². The van der Waals surface area contributed by atoms with Crippen molar-refractivity contribution in [2.45, 2.75) is 20.1 Å². The lowest BCUT2D eigenvalue weighted by atomic mass is 10.2. The third-order valence-electron chi connectivity index (χ3n) is 3.29. The van der Waals surface area contributed by atoms with Gasteiger partial charge in [0.25, 0.3) is 5.90 Å². The monoisotopic (exact) mass is 334 g/mol. The molecule has 1 amide bonds. The van der Waals surface area contributed by atoms with Gasteiger partial charge in [-0.2, -0.15) is 5.01 Å². The summed E-state index contributed by atoms with van der Waals surface area (Å²) in [5.41, 5.74) is 0.900. The number of halogens is 1.